The number of carbonyl (C=O) groups excluding carboxylic acids is 1. The van der Waals surface area contributed by atoms with Crippen LogP contribution in [0.1, 0.15) is 43.0 Å². The number of halogens is 1. The number of amides is 1. The molecule has 2 atom stereocenters. The molecule has 0 spiro atoms. The summed E-state index contributed by atoms with van der Waals surface area (Å²) in [5.74, 6) is 0.105. The van der Waals surface area contributed by atoms with Crippen LogP contribution in [0.2, 0.25) is 0 Å². The van der Waals surface area contributed by atoms with Crippen LogP contribution in [0.4, 0.5) is 0 Å². The molecular weight excluding hydrogens is 346 g/mol. The van der Waals surface area contributed by atoms with Gasteiger partial charge in [-0.1, -0.05) is 35.7 Å². The molecule has 4 nitrogen and oxygen atoms in total. The zero-order valence-electron chi connectivity index (χ0n) is 12.4. The van der Waals surface area contributed by atoms with Crippen LogP contribution in [0.3, 0.4) is 0 Å². The molecule has 1 aliphatic rings. The summed E-state index contributed by atoms with van der Waals surface area (Å²) in [5.41, 5.74) is -0.0325. The molecule has 0 bridgehead atoms. The van der Waals surface area contributed by atoms with Crippen LogP contribution in [0.25, 0.3) is 11.0 Å². The molecule has 22 heavy (non-hydrogen) atoms. The summed E-state index contributed by atoms with van der Waals surface area (Å²) in [4.78, 5) is 24.5. The van der Waals surface area contributed by atoms with E-state index in [9.17, 15) is 9.59 Å². The van der Waals surface area contributed by atoms with Gasteiger partial charge < -0.3 is 9.73 Å². The van der Waals surface area contributed by atoms with Crippen molar-refractivity contribution in [2.24, 2.45) is 5.92 Å². The van der Waals surface area contributed by atoms with Gasteiger partial charge in [0.25, 0.3) is 5.91 Å². The van der Waals surface area contributed by atoms with E-state index in [1.807, 2.05) is 6.07 Å². The molecule has 1 saturated carbocycles. The Labute approximate surface area is 137 Å². The Bertz CT molecular complexity index is 768. The van der Waals surface area contributed by atoms with E-state index in [1.165, 1.54) is 6.42 Å². The van der Waals surface area contributed by atoms with E-state index < -0.39 is 5.63 Å². The minimum Gasteiger partial charge on any atom is -0.422 e. The van der Waals surface area contributed by atoms with Gasteiger partial charge in [-0.15, -0.1) is 0 Å². The fraction of sp³-hybridized carbons (Fsp3) is 0.412. The van der Waals surface area contributed by atoms with Crippen LogP contribution in [0, 0.1) is 5.92 Å². The lowest BCUT2D eigenvalue weighted by molar-refractivity contribution is 0.0906. The van der Waals surface area contributed by atoms with Gasteiger partial charge in [-0.3, -0.25) is 4.79 Å². The second-order valence-electron chi connectivity index (χ2n) is 5.97. The van der Waals surface area contributed by atoms with Crippen LogP contribution < -0.4 is 10.9 Å². The van der Waals surface area contributed by atoms with Crippen LogP contribution in [0.5, 0.6) is 0 Å². The lowest BCUT2D eigenvalue weighted by atomic mass is 9.86. The van der Waals surface area contributed by atoms with Crippen LogP contribution in [-0.4, -0.2) is 11.9 Å². The van der Waals surface area contributed by atoms with E-state index in [2.05, 4.69) is 28.2 Å². The number of benzene rings is 1. The van der Waals surface area contributed by atoms with E-state index in [1.54, 1.807) is 18.2 Å². The van der Waals surface area contributed by atoms with Gasteiger partial charge >= 0.3 is 5.63 Å². The number of hydrogen-bond acceptors (Lipinski definition) is 3. The van der Waals surface area contributed by atoms with Crippen molar-refractivity contribution in [1.29, 1.82) is 0 Å². The molecule has 0 saturated heterocycles. The van der Waals surface area contributed by atoms with E-state index in [-0.39, 0.29) is 17.5 Å². The molecule has 5 heteroatoms. The van der Waals surface area contributed by atoms with Gasteiger partial charge in [0.1, 0.15) is 11.1 Å². The van der Waals surface area contributed by atoms with Gasteiger partial charge in [-0.25, -0.2) is 4.79 Å². The van der Waals surface area contributed by atoms with Crippen molar-refractivity contribution in [3.63, 3.8) is 0 Å². The summed E-state index contributed by atoms with van der Waals surface area (Å²) in [6.07, 6.45) is 4.41. The fourth-order valence-corrected chi connectivity index (χ4v) is 3.41. The molecule has 1 N–H and O–H groups in total. The third kappa shape index (κ3) is 3.09. The lowest BCUT2D eigenvalue weighted by Crippen LogP contribution is -2.42. The molecule has 1 heterocycles. The second-order valence-corrected chi connectivity index (χ2v) is 6.89. The predicted octanol–water partition coefficient (Wildman–Crippen LogP) is 3.86. The molecular formula is C17H18BrNO3. The molecule has 1 amide bonds. The van der Waals surface area contributed by atoms with Gasteiger partial charge in [0.2, 0.25) is 0 Å². The molecule has 1 aromatic heterocycles. The number of fused-ring (bicyclic) bond motifs is 1. The maximum Gasteiger partial charge on any atom is 0.349 e. The minimum absolute atomic E-state index is 0.0726. The highest BCUT2D eigenvalue weighted by molar-refractivity contribution is 9.10. The Hall–Kier alpha value is -1.62. The predicted molar refractivity (Wildman–Crippen MR) is 89.1 cm³/mol. The SMILES string of the molecule is C[C@H]1CCCC[C@@H]1NC(=O)c1cc2cc(Br)ccc2oc1=O. The Morgan fingerprint density at radius 1 is 1.27 bits per heavy atom. The van der Waals surface area contributed by atoms with Crippen molar-refractivity contribution in [1.82, 2.24) is 5.32 Å². The molecule has 2 aromatic rings. The zero-order chi connectivity index (χ0) is 15.7. The van der Waals surface area contributed by atoms with Crippen LogP contribution >= 0.6 is 15.9 Å². The smallest absolute Gasteiger partial charge is 0.349 e. The summed E-state index contributed by atoms with van der Waals surface area (Å²) < 4.78 is 6.12. The van der Waals surface area contributed by atoms with Crippen molar-refractivity contribution in [2.45, 2.75) is 38.6 Å². The third-order valence-electron chi connectivity index (χ3n) is 4.37. The highest BCUT2D eigenvalue weighted by atomic mass is 79.9. The third-order valence-corrected chi connectivity index (χ3v) is 4.86. The van der Waals surface area contributed by atoms with Gasteiger partial charge in [0.05, 0.1) is 0 Å². The zero-order valence-corrected chi connectivity index (χ0v) is 14.0. The second kappa shape index (κ2) is 6.24. The fourth-order valence-electron chi connectivity index (χ4n) is 3.03. The number of rotatable bonds is 2. The summed E-state index contributed by atoms with van der Waals surface area (Å²) in [6, 6.07) is 7.09. The number of nitrogens with one attached hydrogen (secondary N) is 1. The summed E-state index contributed by atoms with van der Waals surface area (Å²) >= 11 is 3.38. The average molecular weight is 364 g/mol. The maximum atomic E-state index is 12.4. The Morgan fingerprint density at radius 2 is 2.05 bits per heavy atom. The maximum absolute atomic E-state index is 12.4. The van der Waals surface area contributed by atoms with E-state index >= 15 is 0 Å². The quantitative estimate of drug-likeness (QED) is 0.824. The minimum atomic E-state index is -0.587. The van der Waals surface area contributed by atoms with Crippen LogP contribution in [-0.2, 0) is 0 Å². The Balaban J connectivity index is 1.90. The van der Waals surface area contributed by atoms with E-state index in [4.69, 9.17) is 4.42 Å². The number of carbonyl (C=O) groups is 1. The topological polar surface area (TPSA) is 59.3 Å². The van der Waals surface area contributed by atoms with Gasteiger partial charge in [0.15, 0.2) is 0 Å². The molecule has 116 valence electrons. The summed E-state index contributed by atoms with van der Waals surface area (Å²) in [6.45, 7) is 2.14. The normalized spacial score (nSPS) is 21.7. The largest absolute Gasteiger partial charge is 0.422 e. The summed E-state index contributed by atoms with van der Waals surface area (Å²) in [7, 11) is 0. The first-order valence-electron chi connectivity index (χ1n) is 7.59. The lowest BCUT2D eigenvalue weighted by Gasteiger charge is -2.29. The molecule has 1 aliphatic carbocycles. The standard InChI is InChI=1S/C17H18BrNO3/c1-10-4-2-3-5-14(10)19-16(20)13-9-11-8-12(18)6-7-15(11)22-17(13)21/h6-10,14H,2-5H2,1H3,(H,19,20)/t10-,14-/m0/s1. The molecule has 0 radical (unpaired) electrons. The Morgan fingerprint density at radius 3 is 2.82 bits per heavy atom. The molecule has 1 aromatic carbocycles. The first-order valence-corrected chi connectivity index (χ1v) is 8.38. The van der Waals surface area contributed by atoms with Gasteiger partial charge in [-0.05, 0) is 43.0 Å². The van der Waals surface area contributed by atoms with E-state index in [0.29, 0.717) is 11.5 Å². The van der Waals surface area contributed by atoms with Crippen molar-refractivity contribution in [3.8, 4) is 0 Å². The summed E-state index contributed by atoms with van der Waals surface area (Å²) in [5, 5.41) is 3.73. The van der Waals surface area contributed by atoms with Crippen LogP contribution in [0.15, 0.2) is 37.9 Å². The highest BCUT2D eigenvalue weighted by Gasteiger charge is 2.24. The monoisotopic (exact) mass is 363 g/mol. The van der Waals surface area contributed by atoms with Crippen molar-refractivity contribution < 1.29 is 9.21 Å². The van der Waals surface area contributed by atoms with E-state index in [0.717, 1.165) is 29.1 Å². The molecule has 1 fully saturated rings. The molecule has 0 unspecified atom stereocenters. The average Bonchev–Trinajstić information content (AvgIpc) is 2.49. The first-order chi connectivity index (χ1) is 10.5. The van der Waals surface area contributed by atoms with Gasteiger partial charge in [0, 0.05) is 15.9 Å². The van der Waals surface area contributed by atoms with Crippen molar-refractivity contribution in [2.75, 3.05) is 0 Å². The van der Waals surface area contributed by atoms with Crippen molar-refractivity contribution in [3.05, 3.63) is 44.7 Å². The van der Waals surface area contributed by atoms with Gasteiger partial charge in [-0.2, -0.15) is 0 Å². The Kier molecular flexibility index (Phi) is 4.34. The first kappa shape index (κ1) is 15.3. The molecule has 0 aliphatic heterocycles. The van der Waals surface area contributed by atoms with Crippen molar-refractivity contribution >= 4 is 32.8 Å². The number of hydrogen-bond donors (Lipinski definition) is 1. The highest BCUT2D eigenvalue weighted by Crippen LogP contribution is 2.24. The molecule has 3 rings (SSSR count).